The zero-order chi connectivity index (χ0) is 8.91. The maximum absolute atomic E-state index is 9.65. The van der Waals surface area contributed by atoms with Crippen LogP contribution in [0.15, 0.2) is 0 Å². The zero-order valence-corrected chi connectivity index (χ0v) is 7.09. The summed E-state index contributed by atoms with van der Waals surface area (Å²) in [6.07, 6.45) is 0.0219. The van der Waals surface area contributed by atoms with Crippen molar-refractivity contribution in [1.82, 2.24) is 0 Å². The van der Waals surface area contributed by atoms with Crippen LogP contribution in [0.3, 0.4) is 0 Å². The molecule has 0 aliphatic carbocycles. The number of rotatable bonds is 3. The van der Waals surface area contributed by atoms with Gasteiger partial charge in [-0.25, -0.2) is 0 Å². The molecule has 0 aliphatic rings. The highest BCUT2D eigenvalue weighted by molar-refractivity contribution is 5.12. The first-order valence-electron chi connectivity index (χ1n) is 3.78. The number of hydrogen-bond donors (Lipinski definition) is 2. The minimum Gasteiger partial charge on any atom is -0.386 e. The highest BCUT2D eigenvalue weighted by atomic mass is 16.3. The van der Waals surface area contributed by atoms with E-state index in [-0.39, 0.29) is 0 Å². The van der Waals surface area contributed by atoms with E-state index in [1.165, 1.54) is 0 Å². The van der Waals surface area contributed by atoms with E-state index in [0.717, 1.165) is 0 Å². The van der Waals surface area contributed by atoms with E-state index < -0.39 is 11.7 Å². The SMILES string of the molecule is [CH2]C#CC(O)C(O)(CC)CC. The number of aliphatic hydroxyl groups excluding tert-OH is 1. The summed E-state index contributed by atoms with van der Waals surface area (Å²) >= 11 is 0. The van der Waals surface area contributed by atoms with Gasteiger partial charge in [-0.15, -0.1) is 0 Å². The Bertz CT molecular complexity index is 160. The Morgan fingerprint density at radius 2 is 1.91 bits per heavy atom. The lowest BCUT2D eigenvalue weighted by atomic mass is 9.91. The van der Waals surface area contributed by atoms with E-state index in [0.29, 0.717) is 12.8 Å². The van der Waals surface area contributed by atoms with Crippen LogP contribution in [-0.4, -0.2) is 21.9 Å². The van der Waals surface area contributed by atoms with Crippen LogP contribution >= 0.6 is 0 Å². The van der Waals surface area contributed by atoms with Gasteiger partial charge in [0.2, 0.25) is 0 Å². The molecular formula is C9H15O2. The Morgan fingerprint density at radius 1 is 1.45 bits per heavy atom. The molecule has 0 saturated heterocycles. The summed E-state index contributed by atoms with van der Waals surface area (Å²) in [5, 5.41) is 19.0. The summed E-state index contributed by atoms with van der Waals surface area (Å²) in [5.41, 5.74) is -1.06. The molecule has 0 amide bonds. The molecule has 0 aromatic heterocycles. The molecule has 1 radical (unpaired) electrons. The van der Waals surface area contributed by atoms with E-state index >= 15 is 0 Å². The highest BCUT2D eigenvalue weighted by Gasteiger charge is 2.30. The molecule has 63 valence electrons. The van der Waals surface area contributed by atoms with E-state index in [9.17, 15) is 10.2 Å². The molecular weight excluding hydrogens is 140 g/mol. The molecule has 0 rings (SSSR count). The van der Waals surface area contributed by atoms with Gasteiger partial charge in [0, 0.05) is 6.92 Å². The van der Waals surface area contributed by atoms with Crippen molar-refractivity contribution in [3.05, 3.63) is 6.92 Å². The van der Waals surface area contributed by atoms with E-state index in [2.05, 4.69) is 18.8 Å². The molecule has 1 atom stereocenters. The second-order valence-corrected chi connectivity index (χ2v) is 2.53. The highest BCUT2D eigenvalue weighted by Crippen LogP contribution is 2.18. The van der Waals surface area contributed by atoms with Crippen molar-refractivity contribution in [2.75, 3.05) is 0 Å². The minimum atomic E-state index is -1.06. The maximum Gasteiger partial charge on any atom is 0.143 e. The van der Waals surface area contributed by atoms with Crippen LogP contribution in [0.5, 0.6) is 0 Å². The van der Waals surface area contributed by atoms with Gasteiger partial charge in [-0.3, -0.25) is 0 Å². The van der Waals surface area contributed by atoms with Gasteiger partial charge in [-0.05, 0) is 12.8 Å². The molecule has 2 heteroatoms. The summed E-state index contributed by atoms with van der Waals surface area (Å²) in [4.78, 5) is 0. The molecule has 11 heavy (non-hydrogen) atoms. The lowest BCUT2D eigenvalue weighted by Gasteiger charge is -2.27. The van der Waals surface area contributed by atoms with Crippen LogP contribution in [0.25, 0.3) is 0 Å². The smallest absolute Gasteiger partial charge is 0.143 e. The van der Waals surface area contributed by atoms with Crippen molar-refractivity contribution >= 4 is 0 Å². The van der Waals surface area contributed by atoms with Gasteiger partial charge >= 0.3 is 0 Å². The molecule has 0 aliphatic heterocycles. The first-order valence-corrected chi connectivity index (χ1v) is 3.78. The van der Waals surface area contributed by atoms with Crippen LogP contribution in [0.4, 0.5) is 0 Å². The van der Waals surface area contributed by atoms with Gasteiger partial charge in [0.25, 0.3) is 0 Å². The molecule has 0 saturated carbocycles. The van der Waals surface area contributed by atoms with Crippen molar-refractivity contribution in [2.24, 2.45) is 0 Å². The van der Waals surface area contributed by atoms with Crippen molar-refractivity contribution in [1.29, 1.82) is 0 Å². The fourth-order valence-corrected chi connectivity index (χ4v) is 0.868. The van der Waals surface area contributed by atoms with Gasteiger partial charge in [0.1, 0.15) is 11.7 Å². The predicted molar refractivity (Wildman–Crippen MR) is 44.7 cm³/mol. The third-order valence-corrected chi connectivity index (χ3v) is 1.97. The van der Waals surface area contributed by atoms with Crippen LogP contribution in [0.1, 0.15) is 26.7 Å². The normalized spacial score (nSPS) is 13.5. The number of aliphatic hydroxyl groups is 2. The minimum absolute atomic E-state index is 0.499. The molecule has 0 aromatic carbocycles. The second-order valence-electron chi connectivity index (χ2n) is 2.53. The first-order chi connectivity index (χ1) is 5.10. The lowest BCUT2D eigenvalue weighted by molar-refractivity contribution is -0.0529. The molecule has 0 aromatic rings. The van der Waals surface area contributed by atoms with Crippen LogP contribution in [-0.2, 0) is 0 Å². The first kappa shape index (κ1) is 10.5. The van der Waals surface area contributed by atoms with E-state index in [1.807, 2.05) is 13.8 Å². The molecule has 1 unspecified atom stereocenters. The van der Waals surface area contributed by atoms with Gasteiger partial charge in [-0.1, -0.05) is 25.7 Å². The number of hydrogen-bond acceptors (Lipinski definition) is 2. The van der Waals surface area contributed by atoms with E-state index in [1.54, 1.807) is 0 Å². The van der Waals surface area contributed by atoms with Gasteiger partial charge < -0.3 is 10.2 Å². The molecule has 2 nitrogen and oxygen atoms in total. The topological polar surface area (TPSA) is 40.5 Å². The zero-order valence-electron chi connectivity index (χ0n) is 7.09. The summed E-state index contributed by atoms with van der Waals surface area (Å²) in [7, 11) is 0. The fraction of sp³-hybridized carbons (Fsp3) is 0.667. The van der Waals surface area contributed by atoms with Crippen molar-refractivity contribution < 1.29 is 10.2 Å². The summed E-state index contributed by atoms with van der Waals surface area (Å²) in [6.45, 7) is 6.91. The van der Waals surface area contributed by atoms with Gasteiger partial charge in [-0.2, -0.15) is 0 Å². The third kappa shape index (κ3) is 2.53. The Balaban J connectivity index is 4.31. The standard InChI is InChI=1S/C9H15O2/c1-4-7-8(10)9(11,5-2)6-3/h8,10-11H,1,5-6H2,2-3H3. The second kappa shape index (κ2) is 4.38. The van der Waals surface area contributed by atoms with Crippen LogP contribution in [0.2, 0.25) is 0 Å². The summed E-state index contributed by atoms with van der Waals surface area (Å²) in [5.74, 6) is 4.76. The average Bonchev–Trinajstić information content (AvgIpc) is 2.03. The quantitative estimate of drug-likeness (QED) is 0.590. The summed E-state index contributed by atoms with van der Waals surface area (Å²) < 4.78 is 0. The molecule has 0 bridgehead atoms. The van der Waals surface area contributed by atoms with Gasteiger partial charge in [0.15, 0.2) is 0 Å². The van der Waals surface area contributed by atoms with Crippen LogP contribution < -0.4 is 0 Å². The van der Waals surface area contributed by atoms with E-state index in [4.69, 9.17) is 0 Å². The third-order valence-electron chi connectivity index (χ3n) is 1.97. The Kier molecular flexibility index (Phi) is 4.17. The Hall–Kier alpha value is -0.520. The van der Waals surface area contributed by atoms with Crippen molar-refractivity contribution in [3.63, 3.8) is 0 Å². The monoisotopic (exact) mass is 155 g/mol. The predicted octanol–water partition coefficient (Wildman–Crippen LogP) is 0.736. The average molecular weight is 155 g/mol. The fourth-order valence-electron chi connectivity index (χ4n) is 0.868. The molecule has 0 spiro atoms. The Morgan fingerprint density at radius 3 is 2.18 bits per heavy atom. The lowest BCUT2D eigenvalue weighted by Crippen LogP contribution is -2.40. The largest absolute Gasteiger partial charge is 0.386 e. The van der Waals surface area contributed by atoms with Crippen molar-refractivity contribution in [2.45, 2.75) is 38.4 Å². The summed E-state index contributed by atoms with van der Waals surface area (Å²) in [6, 6.07) is 0. The molecule has 2 N–H and O–H groups in total. The molecule has 0 heterocycles. The Labute approximate surface area is 68.2 Å². The maximum atomic E-state index is 9.65. The van der Waals surface area contributed by atoms with Gasteiger partial charge in [0.05, 0.1) is 0 Å². The van der Waals surface area contributed by atoms with Crippen molar-refractivity contribution in [3.8, 4) is 11.8 Å². The van der Waals surface area contributed by atoms with Crippen LogP contribution in [0, 0.1) is 18.8 Å². The molecule has 0 fully saturated rings.